The molecule has 2 aliphatic heterocycles. The second-order valence-electron chi connectivity index (χ2n) is 6.34. The Bertz CT molecular complexity index is 928. The van der Waals surface area contributed by atoms with Gasteiger partial charge in [-0.25, -0.2) is 0 Å². The number of hydrogen-bond donors (Lipinski definition) is 1. The van der Waals surface area contributed by atoms with Gasteiger partial charge in [0.1, 0.15) is 13.2 Å². The lowest BCUT2D eigenvalue weighted by atomic mass is 9.88. The molecular weight excluding hydrogens is 402 g/mol. The first-order valence-electron chi connectivity index (χ1n) is 8.13. The van der Waals surface area contributed by atoms with Crippen molar-refractivity contribution < 1.29 is 24.2 Å². The summed E-state index contributed by atoms with van der Waals surface area (Å²) in [4.78, 5) is 26.8. The van der Waals surface area contributed by atoms with Crippen LogP contribution in [-0.2, 0) is 10.4 Å². The number of benzene rings is 2. The van der Waals surface area contributed by atoms with Crippen LogP contribution in [0.3, 0.4) is 0 Å². The normalized spacial score (nSPS) is 20.9. The van der Waals surface area contributed by atoms with E-state index in [0.717, 1.165) is 4.47 Å². The first-order chi connectivity index (χ1) is 12.4. The van der Waals surface area contributed by atoms with Crippen molar-refractivity contribution in [2.75, 3.05) is 25.2 Å². The highest BCUT2D eigenvalue weighted by Crippen LogP contribution is 2.43. The Kier molecular flexibility index (Phi) is 4.00. The minimum Gasteiger partial charge on any atom is -0.486 e. The van der Waals surface area contributed by atoms with E-state index in [1.807, 2.05) is 0 Å². The molecule has 2 heterocycles. The number of Topliss-reactive ketones (excluding diaryl/α,β-unsaturated/α-hetero) is 1. The maximum atomic E-state index is 12.8. The van der Waals surface area contributed by atoms with E-state index in [1.54, 1.807) is 43.4 Å². The van der Waals surface area contributed by atoms with Gasteiger partial charge >= 0.3 is 0 Å². The van der Waals surface area contributed by atoms with Gasteiger partial charge in [-0.05, 0) is 36.4 Å². The van der Waals surface area contributed by atoms with Gasteiger partial charge in [0.2, 0.25) is 0 Å². The average molecular weight is 418 g/mol. The van der Waals surface area contributed by atoms with E-state index in [-0.39, 0.29) is 12.2 Å². The van der Waals surface area contributed by atoms with Crippen LogP contribution in [0.15, 0.2) is 40.9 Å². The number of ether oxygens (including phenoxy) is 2. The number of amides is 1. The molecule has 2 aliphatic rings. The average Bonchev–Trinajstić information content (AvgIpc) is 2.82. The Morgan fingerprint density at radius 1 is 1.19 bits per heavy atom. The standard InChI is InChI=1S/C19H16BrNO5/c1-21-14-4-3-12(20)9-13(14)19(24,18(21)23)10-15(22)11-2-5-16-17(8-11)26-7-6-25-16/h2-5,8-9,24H,6-7,10H2,1H3/t19-/m0/s1. The minimum atomic E-state index is -1.89. The molecule has 1 amide bonds. The van der Waals surface area contributed by atoms with Crippen LogP contribution in [0.25, 0.3) is 0 Å². The molecule has 6 nitrogen and oxygen atoms in total. The molecule has 0 radical (unpaired) electrons. The second kappa shape index (κ2) is 6.10. The Balaban J connectivity index is 1.67. The molecule has 4 rings (SSSR count). The molecule has 0 spiro atoms. The van der Waals surface area contributed by atoms with Crippen molar-refractivity contribution in [3.8, 4) is 11.5 Å². The number of fused-ring (bicyclic) bond motifs is 2. The SMILES string of the molecule is CN1C(=O)[C@](O)(CC(=O)c2ccc3c(c2)OCCO3)c2cc(Br)ccc21. The van der Waals surface area contributed by atoms with E-state index in [2.05, 4.69) is 15.9 Å². The van der Waals surface area contributed by atoms with E-state index in [0.29, 0.717) is 41.5 Å². The molecular formula is C19H16BrNO5. The van der Waals surface area contributed by atoms with Crippen molar-refractivity contribution in [3.63, 3.8) is 0 Å². The number of ketones is 1. The fraction of sp³-hybridized carbons (Fsp3) is 0.263. The van der Waals surface area contributed by atoms with Gasteiger partial charge in [-0.2, -0.15) is 0 Å². The summed E-state index contributed by atoms with van der Waals surface area (Å²) in [5, 5.41) is 11.1. The number of aliphatic hydroxyl groups is 1. The molecule has 0 saturated heterocycles. The molecule has 2 aromatic rings. The monoisotopic (exact) mass is 417 g/mol. The lowest BCUT2D eigenvalue weighted by molar-refractivity contribution is -0.135. The summed E-state index contributed by atoms with van der Waals surface area (Å²) in [6.45, 7) is 0.881. The summed E-state index contributed by atoms with van der Waals surface area (Å²) in [5.41, 5.74) is -0.513. The van der Waals surface area contributed by atoms with Gasteiger partial charge in [0.05, 0.1) is 12.1 Å². The zero-order chi connectivity index (χ0) is 18.5. The highest BCUT2D eigenvalue weighted by molar-refractivity contribution is 9.10. The van der Waals surface area contributed by atoms with Crippen molar-refractivity contribution in [3.05, 3.63) is 52.0 Å². The second-order valence-corrected chi connectivity index (χ2v) is 7.26. The molecule has 0 aromatic heterocycles. The molecule has 7 heteroatoms. The number of carbonyl (C=O) groups excluding carboxylic acids is 2. The third-order valence-corrected chi connectivity index (χ3v) is 5.20. The van der Waals surface area contributed by atoms with Crippen LogP contribution in [0, 0.1) is 0 Å². The number of anilines is 1. The van der Waals surface area contributed by atoms with Gasteiger partial charge in [0.15, 0.2) is 22.9 Å². The van der Waals surface area contributed by atoms with E-state index < -0.39 is 11.5 Å². The number of rotatable bonds is 3. The number of carbonyl (C=O) groups is 2. The molecule has 134 valence electrons. The number of likely N-dealkylation sites (N-methyl/N-ethyl adjacent to an activating group) is 1. The minimum absolute atomic E-state index is 0.348. The van der Waals surface area contributed by atoms with E-state index in [9.17, 15) is 14.7 Å². The molecule has 26 heavy (non-hydrogen) atoms. The van der Waals surface area contributed by atoms with Crippen LogP contribution in [0.2, 0.25) is 0 Å². The zero-order valence-electron chi connectivity index (χ0n) is 14.0. The molecule has 0 fully saturated rings. The highest BCUT2D eigenvalue weighted by Gasteiger charge is 2.49. The smallest absolute Gasteiger partial charge is 0.263 e. The van der Waals surface area contributed by atoms with Gasteiger partial charge in [-0.15, -0.1) is 0 Å². The van der Waals surface area contributed by atoms with Crippen LogP contribution < -0.4 is 14.4 Å². The Hall–Kier alpha value is -2.38. The van der Waals surface area contributed by atoms with E-state index >= 15 is 0 Å². The summed E-state index contributed by atoms with van der Waals surface area (Å²) < 4.78 is 11.7. The number of hydrogen-bond acceptors (Lipinski definition) is 5. The first kappa shape index (κ1) is 17.1. The highest BCUT2D eigenvalue weighted by atomic mass is 79.9. The summed E-state index contributed by atoms with van der Waals surface area (Å²) in [5.74, 6) is 0.208. The van der Waals surface area contributed by atoms with E-state index in [1.165, 1.54) is 4.90 Å². The number of halogens is 1. The molecule has 2 aromatic carbocycles. The fourth-order valence-corrected chi connectivity index (χ4v) is 3.72. The van der Waals surface area contributed by atoms with Crippen LogP contribution in [0.4, 0.5) is 5.69 Å². The van der Waals surface area contributed by atoms with Gasteiger partial charge in [0, 0.05) is 22.6 Å². The molecule has 0 bridgehead atoms. The number of nitrogens with zero attached hydrogens (tertiary/aromatic N) is 1. The lowest BCUT2D eigenvalue weighted by Gasteiger charge is -2.22. The summed E-state index contributed by atoms with van der Waals surface area (Å²) in [6.07, 6.45) is -0.348. The van der Waals surface area contributed by atoms with Gasteiger partial charge in [-0.1, -0.05) is 15.9 Å². The van der Waals surface area contributed by atoms with Crippen LogP contribution >= 0.6 is 15.9 Å². The first-order valence-corrected chi connectivity index (χ1v) is 8.93. The van der Waals surface area contributed by atoms with Gasteiger partial charge < -0.3 is 19.5 Å². The van der Waals surface area contributed by atoms with Crippen molar-refractivity contribution in [2.24, 2.45) is 0 Å². The summed E-state index contributed by atoms with van der Waals surface area (Å²) in [7, 11) is 1.58. The van der Waals surface area contributed by atoms with Crippen LogP contribution in [-0.4, -0.2) is 37.1 Å². The lowest BCUT2D eigenvalue weighted by Crippen LogP contribution is -2.40. The van der Waals surface area contributed by atoms with E-state index in [4.69, 9.17) is 9.47 Å². The van der Waals surface area contributed by atoms with Crippen LogP contribution in [0.5, 0.6) is 11.5 Å². The Labute approximate surface area is 158 Å². The molecule has 0 aliphatic carbocycles. The largest absolute Gasteiger partial charge is 0.486 e. The zero-order valence-corrected chi connectivity index (χ0v) is 15.6. The Morgan fingerprint density at radius 3 is 2.69 bits per heavy atom. The van der Waals surface area contributed by atoms with Gasteiger partial charge in [0.25, 0.3) is 5.91 Å². The maximum Gasteiger partial charge on any atom is 0.263 e. The topological polar surface area (TPSA) is 76.1 Å². The molecule has 0 unspecified atom stereocenters. The molecule has 1 atom stereocenters. The van der Waals surface area contributed by atoms with Crippen LogP contribution in [0.1, 0.15) is 22.3 Å². The van der Waals surface area contributed by atoms with Crippen molar-refractivity contribution in [1.82, 2.24) is 0 Å². The fourth-order valence-electron chi connectivity index (χ4n) is 3.36. The van der Waals surface area contributed by atoms with Crippen molar-refractivity contribution >= 4 is 33.3 Å². The Morgan fingerprint density at radius 2 is 1.92 bits per heavy atom. The quantitative estimate of drug-likeness (QED) is 0.776. The van der Waals surface area contributed by atoms with Gasteiger partial charge in [-0.3, -0.25) is 9.59 Å². The summed E-state index contributed by atoms with van der Waals surface area (Å²) in [6, 6.07) is 10.1. The predicted octanol–water partition coefficient (Wildman–Crippen LogP) is 2.66. The van der Waals surface area contributed by atoms with Crippen molar-refractivity contribution in [1.29, 1.82) is 0 Å². The molecule has 1 N–H and O–H groups in total. The summed E-state index contributed by atoms with van der Waals surface area (Å²) >= 11 is 3.35. The molecule has 0 saturated carbocycles. The third-order valence-electron chi connectivity index (χ3n) is 4.70. The maximum absolute atomic E-state index is 12.8. The van der Waals surface area contributed by atoms with Crippen molar-refractivity contribution in [2.45, 2.75) is 12.0 Å². The third kappa shape index (κ3) is 2.59. The predicted molar refractivity (Wildman–Crippen MR) is 97.8 cm³/mol.